The molecule has 106 valence electrons. The van der Waals surface area contributed by atoms with Crippen molar-refractivity contribution in [3.8, 4) is 0 Å². The van der Waals surface area contributed by atoms with Gasteiger partial charge in [-0.15, -0.1) is 0 Å². The fourth-order valence-electron chi connectivity index (χ4n) is 2.01. The summed E-state index contributed by atoms with van der Waals surface area (Å²) in [6.07, 6.45) is 0.726. The van der Waals surface area contributed by atoms with Gasteiger partial charge in [-0.1, -0.05) is 0 Å². The Morgan fingerprint density at radius 3 is 2.90 bits per heavy atom. The van der Waals surface area contributed by atoms with Crippen molar-refractivity contribution in [2.24, 2.45) is 0 Å². The van der Waals surface area contributed by atoms with Crippen LogP contribution >= 0.6 is 0 Å². The molecule has 0 saturated carbocycles. The number of aliphatic carboxylic acids is 1. The molecule has 0 radical (unpaired) electrons. The number of hydrogen-bond donors (Lipinski definition) is 2. The third-order valence-corrected chi connectivity index (χ3v) is 2.94. The van der Waals surface area contributed by atoms with Crippen LogP contribution in [0.15, 0.2) is 18.3 Å². The van der Waals surface area contributed by atoms with Crippen molar-refractivity contribution in [2.75, 3.05) is 18.0 Å². The fraction of sp³-hybridized carbons (Fsp3) is 0.364. The Morgan fingerprint density at radius 2 is 2.35 bits per heavy atom. The molecule has 1 atom stereocenters. The van der Waals surface area contributed by atoms with E-state index in [1.807, 2.05) is 0 Å². The molecule has 2 N–H and O–H groups in total. The third kappa shape index (κ3) is 2.82. The van der Waals surface area contributed by atoms with Gasteiger partial charge in [-0.2, -0.15) is 0 Å². The number of piperazine rings is 1. The lowest BCUT2D eigenvalue weighted by molar-refractivity contribution is -0.385. The number of nitro groups is 1. The number of carboxylic acids is 1. The lowest BCUT2D eigenvalue weighted by Gasteiger charge is -2.35. The Balaban J connectivity index is 2.25. The molecular weight excluding hydrogens is 268 g/mol. The molecule has 20 heavy (non-hydrogen) atoms. The number of aromatic nitrogens is 1. The van der Waals surface area contributed by atoms with E-state index in [9.17, 15) is 19.7 Å². The topological polar surface area (TPSA) is 126 Å². The van der Waals surface area contributed by atoms with Crippen LogP contribution in [0.1, 0.15) is 6.42 Å². The standard InChI is InChI=1S/C11H12N4O5/c16-10(17)5-8-11(18)12-3-4-14(8)9-2-1-7(6-13-9)15(19)20/h1-2,6,8H,3-5H2,(H,12,18)(H,16,17). The number of carbonyl (C=O) groups excluding carboxylic acids is 1. The molecule has 1 amide bonds. The second-order valence-corrected chi connectivity index (χ2v) is 4.23. The van der Waals surface area contributed by atoms with Crippen LogP contribution < -0.4 is 10.2 Å². The maximum atomic E-state index is 11.7. The number of amides is 1. The molecule has 9 heteroatoms. The Kier molecular flexibility index (Phi) is 3.78. The molecule has 0 bridgehead atoms. The van der Waals surface area contributed by atoms with E-state index in [0.717, 1.165) is 6.20 Å². The van der Waals surface area contributed by atoms with Gasteiger partial charge in [0.25, 0.3) is 5.69 Å². The molecule has 0 aliphatic carbocycles. The quantitative estimate of drug-likeness (QED) is 0.576. The maximum absolute atomic E-state index is 11.7. The van der Waals surface area contributed by atoms with E-state index < -0.39 is 16.9 Å². The minimum absolute atomic E-state index is 0.162. The summed E-state index contributed by atoms with van der Waals surface area (Å²) in [5.41, 5.74) is -0.162. The summed E-state index contributed by atoms with van der Waals surface area (Å²) in [6, 6.07) is 1.81. The zero-order chi connectivity index (χ0) is 14.7. The summed E-state index contributed by atoms with van der Waals surface area (Å²) in [7, 11) is 0. The highest BCUT2D eigenvalue weighted by Crippen LogP contribution is 2.20. The van der Waals surface area contributed by atoms with Crippen molar-refractivity contribution < 1.29 is 19.6 Å². The second-order valence-electron chi connectivity index (χ2n) is 4.23. The molecule has 1 fully saturated rings. The number of anilines is 1. The van der Waals surface area contributed by atoms with Crippen molar-refractivity contribution in [1.82, 2.24) is 10.3 Å². The van der Waals surface area contributed by atoms with Gasteiger partial charge in [0.15, 0.2) is 0 Å². The monoisotopic (exact) mass is 280 g/mol. The average molecular weight is 280 g/mol. The van der Waals surface area contributed by atoms with Gasteiger partial charge in [0.1, 0.15) is 18.1 Å². The molecule has 1 aliphatic heterocycles. The van der Waals surface area contributed by atoms with Crippen LogP contribution in [0, 0.1) is 10.1 Å². The lowest BCUT2D eigenvalue weighted by atomic mass is 10.1. The van der Waals surface area contributed by atoms with Gasteiger partial charge < -0.3 is 15.3 Å². The summed E-state index contributed by atoms with van der Waals surface area (Å²) in [6.45, 7) is 0.766. The van der Waals surface area contributed by atoms with Gasteiger partial charge in [-0.3, -0.25) is 19.7 Å². The second kappa shape index (κ2) is 5.51. The van der Waals surface area contributed by atoms with Crippen LogP contribution in [0.2, 0.25) is 0 Å². The molecule has 1 aromatic rings. The minimum Gasteiger partial charge on any atom is -0.481 e. The van der Waals surface area contributed by atoms with E-state index in [0.29, 0.717) is 18.9 Å². The van der Waals surface area contributed by atoms with E-state index in [-0.39, 0.29) is 18.0 Å². The summed E-state index contributed by atoms with van der Waals surface area (Å²) >= 11 is 0. The highest BCUT2D eigenvalue weighted by Gasteiger charge is 2.32. The predicted octanol–water partition coefficient (Wildman–Crippen LogP) is -0.231. The molecule has 1 aromatic heterocycles. The largest absolute Gasteiger partial charge is 0.481 e. The minimum atomic E-state index is -1.10. The van der Waals surface area contributed by atoms with Gasteiger partial charge >= 0.3 is 5.97 Å². The summed E-state index contributed by atoms with van der Waals surface area (Å²) in [5.74, 6) is -1.14. The maximum Gasteiger partial charge on any atom is 0.305 e. The number of carbonyl (C=O) groups is 2. The van der Waals surface area contributed by atoms with Gasteiger partial charge in [0.2, 0.25) is 5.91 Å². The first-order valence-electron chi connectivity index (χ1n) is 5.85. The molecule has 2 heterocycles. The van der Waals surface area contributed by atoms with Crippen molar-refractivity contribution in [3.63, 3.8) is 0 Å². The Morgan fingerprint density at radius 1 is 1.60 bits per heavy atom. The molecule has 1 unspecified atom stereocenters. The molecule has 2 rings (SSSR count). The van der Waals surface area contributed by atoms with Gasteiger partial charge in [0.05, 0.1) is 11.3 Å². The highest BCUT2D eigenvalue weighted by atomic mass is 16.6. The Bertz CT molecular complexity index is 544. The number of nitrogens with one attached hydrogen (secondary N) is 1. The van der Waals surface area contributed by atoms with Crippen molar-refractivity contribution in [2.45, 2.75) is 12.5 Å². The van der Waals surface area contributed by atoms with E-state index in [2.05, 4.69) is 10.3 Å². The summed E-state index contributed by atoms with van der Waals surface area (Å²) in [4.78, 5) is 38.0. The van der Waals surface area contributed by atoms with E-state index in [1.54, 1.807) is 0 Å². The first-order chi connectivity index (χ1) is 9.49. The number of carboxylic acid groups (broad SMARTS) is 1. The van der Waals surface area contributed by atoms with Crippen molar-refractivity contribution in [1.29, 1.82) is 0 Å². The number of pyridine rings is 1. The van der Waals surface area contributed by atoms with Gasteiger partial charge in [0, 0.05) is 19.2 Å². The van der Waals surface area contributed by atoms with Crippen LogP contribution in [0.5, 0.6) is 0 Å². The van der Waals surface area contributed by atoms with Crippen LogP contribution in [0.3, 0.4) is 0 Å². The molecule has 0 aromatic carbocycles. The van der Waals surface area contributed by atoms with Crippen molar-refractivity contribution in [3.05, 3.63) is 28.4 Å². The number of nitrogens with zero attached hydrogens (tertiary/aromatic N) is 3. The highest BCUT2D eigenvalue weighted by molar-refractivity contribution is 5.90. The van der Waals surface area contributed by atoms with Crippen LogP contribution in [-0.4, -0.2) is 46.0 Å². The number of hydrogen-bond acceptors (Lipinski definition) is 6. The smallest absolute Gasteiger partial charge is 0.305 e. The summed E-state index contributed by atoms with van der Waals surface area (Å²) in [5, 5.41) is 22.0. The Labute approximate surface area is 113 Å². The van der Waals surface area contributed by atoms with E-state index >= 15 is 0 Å². The molecule has 0 spiro atoms. The first kappa shape index (κ1) is 13.7. The predicted molar refractivity (Wildman–Crippen MR) is 67.3 cm³/mol. The number of rotatable bonds is 4. The van der Waals surface area contributed by atoms with Crippen molar-refractivity contribution >= 4 is 23.4 Å². The fourth-order valence-corrected chi connectivity index (χ4v) is 2.01. The zero-order valence-electron chi connectivity index (χ0n) is 10.4. The summed E-state index contributed by atoms with van der Waals surface area (Å²) < 4.78 is 0. The molecule has 9 nitrogen and oxygen atoms in total. The lowest BCUT2D eigenvalue weighted by Crippen LogP contribution is -2.56. The van der Waals surface area contributed by atoms with E-state index in [1.165, 1.54) is 17.0 Å². The first-order valence-corrected chi connectivity index (χ1v) is 5.85. The van der Waals surface area contributed by atoms with E-state index in [4.69, 9.17) is 5.11 Å². The Hall–Kier alpha value is -2.71. The van der Waals surface area contributed by atoms with Crippen LogP contribution in [0.4, 0.5) is 11.5 Å². The van der Waals surface area contributed by atoms with Gasteiger partial charge in [-0.25, -0.2) is 4.98 Å². The SMILES string of the molecule is O=C(O)CC1C(=O)NCCN1c1ccc([N+](=O)[O-])cn1. The van der Waals surface area contributed by atoms with Crippen LogP contribution in [0.25, 0.3) is 0 Å². The molecule has 1 aliphatic rings. The average Bonchev–Trinajstić information content (AvgIpc) is 2.41. The third-order valence-electron chi connectivity index (χ3n) is 2.94. The molecular formula is C11H12N4O5. The van der Waals surface area contributed by atoms with Gasteiger partial charge in [-0.05, 0) is 6.07 Å². The zero-order valence-corrected chi connectivity index (χ0v) is 10.4. The molecule has 1 saturated heterocycles. The normalized spacial score (nSPS) is 18.5. The van der Waals surface area contributed by atoms with Crippen LogP contribution in [-0.2, 0) is 9.59 Å².